The van der Waals surface area contributed by atoms with Crippen LogP contribution in [-0.4, -0.2) is 43.2 Å². The molecule has 0 saturated heterocycles. The normalized spacial score (nSPS) is 11.0. The van der Waals surface area contributed by atoms with Crippen LogP contribution < -0.4 is 9.47 Å². The monoisotopic (exact) mass is 679 g/mol. The number of benzene rings is 1. The van der Waals surface area contributed by atoms with Crippen molar-refractivity contribution in [2.75, 3.05) is 28.3 Å². The second-order valence-electron chi connectivity index (χ2n) is 7.17. The molecule has 0 bridgehead atoms. The quantitative estimate of drug-likeness (QED) is 0.116. The van der Waals surface area contributed by atoms with Crippen molar-refractivity contribution in [3.05, 3.63) is 72.6 Å². The summed E-state index contributed by atoms with van der Waals surface area (Å²) in [5.41, 5.74) is 2.92. The number of hydrogen-bond acceptors (Lipinski definition) is 7. The van der Waals surface area contributed by atoms with E-state index in [2.05, 4.69) is 20.9 Å². The van der Waals surface area contributed by atoms with Crippen LogP contribution in [0.5, 0.6) is 11.5 Å². The van der Waals surface area contributed by atoms with Gasteiger partial charge in [-0.3, -0.25) is 9.97 Å². The Labute approximate surface area is 243 Å². The number of hydrogen-bond donors (Lipinski definition) is 0. The Hall–Kier alpha value is -3.31. The second kappa shape index (κ2) is 18.9. The molecule has 0 unspecified atom stereocenters. The fourth-order valence-electron chi connectivity index (χ4n) is 2.28. The minimum Gasteiger partial charge on any atom is -0.255 e. The molecule has 0 aliphatic carbocycles. The fourth-order valence-corrected chi connectivity index (χ4v) is 2.28. The van der Waals surface area contributed by atoms with Crippen LogP contribution in [0.15, 0.2) is 60.9 Å². The molecule has 3 rings (SSSR count). The molecule has 2 heterocycles. The molecule has 0 aliphatic rings. The number of nitriles is 2. The first-order valence-corrected chi connectivity index (χ1v) is 12.7. The number of rotatable bonds is 5. The van der Waals surface area contributed by atoms with Crippen molar-refractivity contribution in [1.82, 2.24) is 14.9 Å². The van der Waals surface area contributed by atoms with Crippen molar-refractivity contribution in [1.29, 1.82) is 10.5 Å². The van der Waals surface area contributed by atoms with Gasteiger partial charge < -0.3 is 14.4 Å². The van der Waals surface area contributed by atoms with Crippen LogP contribution in [0.4, 0.5) is 25.2 Å². The third-order valence-corrected chi connectivity index (χ3v) is 3.46. The number of nitrogens with zero attached hydrogens (tertiary/aromatic N) is 5. The van der Waals surface area contributed by atoms with E-state index in [0.717, 1.165) is 35.0 Å². The maximum Gasteiger partial charge on any atom is 2.00 e. The van der Waals surface area contributed by atoms with Crippen LogP contribution in [-0.2, 0) is 26.0 Å². The summed E-state index contributed by atoms with van der Waals surface area (Å²) in [4.78, 5) is 10.5. The largest absolute Gasteiger partial charge is 2.00 e. The molecule has 0 amide bonds. The number of ether oxygens (including phenoxy) is 2. The molecule has 0 saturated carbocycles. The van der Waals surface area contributed by atoms with Crippen LogP contribution >= 0.6 is 7.81 Å². The van der Waals surface area contributed by atoms with E-state index in [0.29, 0.717) is 0 Å². The molecule has 40 heavy (non-hydrogen) atoms. The minimum atomic E-state index is -10.7. The van der Waals surface area contributed by atoms with Gasteiger partial charge in [0.15, 0.2) is 0 Å². The Bertz CT molecular complexity index is 1120. The Morgan fingerprint density at radius 2 is 1.20 bits per heavy atom. The van der Waals surface area contributed by atoms with Crippen LogP contribution in [0, 0.1) is 28.7 Å². The van der Waals surface area contributed by atoms with Gasteiger partial charge in [0.1, 0.15) is 0 Å². The summed E-state index contributed by atoms with van der Waals surface area (Å²) in [6.45, 7) is 3.71. The standard InChI is InChI=1S/C11H16NO2.C10H8N2.2C2H3N.F6P.Ru/c1-12(2)8-9-5-6-10(13-3)11(7-9)14-4;1-3-7-11-9(5-1)10-6-2-4-8-12-10;2*1-2-3;1-7(2,3,4,5)6;/h6-7H,8H2,1-4H3;1-8H;2*1H3;;/q-1;;;;-1;+2. The maximum atomic E-state index is 9.87. The van der Waals surface area contributed by atoms with Crippen molar-refractivity contribution in [3.63, 3.8) is 0 Å². The van der Waals surface area contributed by atoms with Crippen molar-refractivity contribution in [2.45, 2.75) is 20.4 Å². The molecule has 0 spiro atoms. The van der Waals surface area contributed by atoms with Gasteiger partial charge in [-0.15, -0.1) is 17.7 Å². The summed E-state index contributed by atoms with van der Waals surface area (Å²) < 4.78 is 69.5. The molecule has 222 valence electrons. The zero-order valence-electron chi connectivity index (χ0n) is 22.6. The van der Waals surface area contributed by atoms with Gasteiger partial charge in [0.2, 0.25) is 0 Å². The van der Waals surface area contributed by atoms with E-state index < -0.39 is 7.81 Å². The molecule has 7 nitrogen and oxygen atoms in total. The van der Waals surface area contributed by atoms with Crippen LogP contribution in [0.25, 0.3) is 11.4 Å². The Morgan fingerprint density at radius 3 is 1.48 bits per heavy atom. The van der Waals surface area contributed by atoms with Gasteiger partial charge in [-0.1, -0.05) is 12.1 Å². The average Bonchev–Trinajstić information content (AvgIpc) is 2.84. The van der Waals surface area contributed by atoms with E-state index in [-0.39, 0.29) is 19.5 Å². The smallest absolute Gasteiger partial charge is 0.255 e. The van der Waals surface area contributed by atoms with Gasteiger partial charge in [-0.25, -0.2) is 0 Å². The van der Waals surface area contributed by atoms with Gasteiger partial charge in [0.25, 0.3) is 0 Å². The molecular formula is C25H30F6N5O2PRu. The van der Waals surface area contributed by atoms with Gasteiger partial charge in [0.05, 0.1) is 43.5 Å². The molecule has 15 heteroatoms. The van der Waals surface area contributed by atoms with Gasteiger partial charge in [-0.05, 0) is 38.4 Å². The first kappa shape index (κ1) is 41.2. The number of methoxy groups -OCH3 is 2. The van der Waals surface area contributed by atoms with Crippen molar-refractivity contribution >= 4 is 7.81 Å². The van der Waals surface area contributed by atoms with Gasteiger partial charge in [-0.2, -0.15) is 16.6 Å². The van der Waals surface area contributed by atoms with E-state index in [1.54, 1.807) is 44.8 Å². The molecule has 0 N–H and O–H groups in total. The van der Waals surface area contributed by atoms with E-state index in [1.807, 2.05) is 56.6 Å². The second-order valence-corrected chi connectivity index (χ2v) is 9.08. The van der Waals surface area contributed by atoms with Crippen LogP contribution in [0.1, 0.15) is 19.4 Å². The zero-order chi connectivity index (χ0) is 30.6. The molecule has 0 atom stereocenters. The summed E-state index contributed by atoms with van der Waals surface area (Å²) in [7, 11) is -3.36. The first-order chi connectivity index (χ1) is 17.9. The summed E-state index contributed by atoms with van der Waals surface area (Å²) in [6, 6.07) is 22.0. The molecule has 2 aromatic heterocycles. The Morgan fingerprint density at radius 1 is 0.825 bits per heavy atom. The Balaban J connectivity index is -0.000000478. The Kier molecular flexibility index (Phi) is 19.4. The molecule has 0 fully saturated rings. The summed E-state index contributed by atoms with van der Waals surface area (Å²) >= 11 is 0. The van der Waals surface area contributed by atoms with Crippen molar-refractivity contribution < 1.29 is 54.1 Å². The predicted octanol–water partition coefficient (Wildman–Crippen LogP) is 8.15. The first-order valence-electron chi connectivity index (χ1n) is 10.7. The molecule has 3 aromatic rings. The SMILES string of the molecule is CC#N.CC#N.COc1c[c-]c(CN(C)C)cc1OC.F[P-](F)(F)(F)(F)F.[Ru+2].c1ccc(-c2ccccn2)nc1. The topological polar surface area (TPSA) is 95.1 Å². The molecule has 0 aliphatic heterocycles. The number of aromatic nitrogens is 2. The van der Waals surface area contributed by atoms with Crippen molar-refractivity contribution in [2.24, 2.45) is 0 Å². The fraction of sp³-hybridized carbons (Fsp3) is 0.280. The third kappa shape index (κ3) is 27.7. The van der Waals surface area contributed by atoms with E-state index >= 15 is 0 Å². The third-order valence-electron chi connectivity index (χ3n) is 3.46. The maximum absolute atomic E-state index is 10.7. The minimum absolute atomic E-state index is 0. The number of halogens is 6. The summed E-state index contributed by atoms with van der Waals surface area (Å²) in [6.07, 6.45) is 3.54. The molecule has 0 radical (unpaired) electrons. The molecule has 1 aromatic carbocycles. The zero-order valence-corrected chi connectivity index (χ0v) is 25.2. The van der Waals surface area contributed by atoms with Gasteiger partial charge in [0, 0.05) is 38.5 Å². The van der Waals surface area contributed by atoms with E-state index in [9.17, 15) is 25.2 Å². The summed E-state index contributed by atoms with van der Waals surface area (Å²) in [5.74, 6) is 1.47. The van der Waals surface area contributed by atoms with Gasteiger partial charge >= 0.3 is 52.5 Å². The number of pyridine rings is 2. The average molecular weight is 679 g/mol. The molecular weight excluding hydrogens is 648 g/mol. The summed E-state index contributed by atoms with van der Waals surface area (Å²) in [5, 5.41) is 14.6. The van der Waals surface area contributed by atoms with Crippen molar-refractivity contribution in [3.8, 4) is 35.0 Å². The van der Waals surface area contributed by atoms with Crippen LogP contribution in [0.2, 0.25) is 0 Å². The predicted molar refractivity (Wildman–Crippen MR) is 139 cm³/mol. The van der Waals surface area contributed by atoms with E-state index in [4.69, 9.17) is 20.0 Å². The van der Waals surface area contributed by atoms with E-state index in [1.165, 1.54) is 13.8 Å². The van der Waals surface area contributed by atoms with Crippen LogP contribution in [0.3, 0.4) is 0 Å².